The molecule has 5 nitrogen and oxygen atoms in total. The van der Waals surface area contributed by atoms with Gasteiger partial charge in [0.1, 0.15) is 5.75 Å². The molecule has 29 heavy (non-hydrogen) atoms. The first-order valence-corrected chi connectivity index (χ1v) is 9.75. The van der Waals surface area contributed by atoms with Gasteiger partial charge >= 0.3 is 5.97 Å². The summed E-state index contributed by atoms with van der Waals surface area (Å²) in [5, 5.41) is 13.3. The van der Waals surface area contributed by atoms with E-state index in [1.807, 2.05) is 56.3 Å². The van der Waals surface area contributed by atoms with Crippen LogP contribution in [0.2, 0.25) is 0 Å². The maximum absolute atomic E-state index is 12.0. The third-order valence-corrected chi connectivity index (χ3v) is 5.51. The Bertz CT molecular complexity index is 976. The minimum Gasteiger partial charge on any atom is -0.497 e. The van der Waals surface area contributed by atoms with Crippen molar-refractivity contribution in [3.8, 4) is 5.75 Å². The normalized spacial score (nSPS) is 12.0. The van der Waals surface area contributed by atoms with Gasteiger partial charge in [-0.05, 0) is 44.0 Å². The molecule has 0 bridgehead atoms. The van der Waals surface area contributed by atoms with Gasteiger partial charge in [-0.1, -0.05) is 42.5 Å². The largest absolute Gasteiger partial charge is 0.497 e. The first-order chi connectivity index (χ1) is 13.9. The van der Waals surface area contributed by atoms with Gasteiger partial charge in [-0.15, -0.1) is 0 Å². The Balaban J connectivity index is 1.86. The molecular formula is C24H28N2O3. The highest BCUT2D eigenvalue weighted by Crippen LogP contribution is 2.25. The van der Waals surface area contributed by atoms with Crippen molar-refractivity contribution in [3.05, 3.63) is 88.2 Å². The molecule has 0 saturated heterocycles. The van der Waals surface area contributed by atoms with Crippen LogP contribution in [0.15, 0.2) is 54.6 Å². The summed E-state index contributed by atoms with van der Waals surface area (Å²) in [5.74, 6) is -0.0797. The van der Waals surface area contributed by atoms with Crippen LogP contribution in [-0.2, 0) is 13.1 Å². The summed E-state index contributed by atoms with van der Waals surface area (Å²) in [6.07, 6.45) is 0. The van der Waals surface area contributed by atoms with E-state index in [0.29, 0.717) is 18.7 Å². The molecule has 2 N–H and O–H groups in total. The number of methoxy groups -OCH3 is 1. The van der Waals surface area contributed by atoms with E-state index in [4.69, 9.17) is 4.74 Å². The lowest BCUT2D eigenvalue weighted by atomic mass is 10.1. The summed E-state index contributed by atoms with van der Waals surface area (Å²) >= 11 is 0. The maximum Gasteiger partial charge on any atom is 0.337 e. The second-order valence-electron chi connectivity index (χ2n) is 7.28. The number of carboxylic acid groups (broad SMARTS) is 1. The van der Waals surface area contributed by atoms with E-state index in [1.165, 1.54) is 5.56 Å². The molecule has 0 radical (unpaired) electrons. The molecule has 2 aromatic carbocycles. The fourth-order valence-electron chi connectivity index (χ4n) is 3.71. The first kappa shape index (κ1) is 20.7. The van der Waals surface area contributed by atoms with E-state index in [9.17, 15) is 9.90 Å². The molecule has 152 valence electrons. The average molecular weight is 392 g/mol. The van der Waals surface area contributed by atoms with Crippen molar-refractivity contribution in [1.82, 2.24) is 9.88 Å². The molecule has 1 atom stereocenters. The minimum absolute atomic E-state index is 0.127. The fourth-order valence-corrected chi connectivity index (χ4v) is 3.71. The summed E-state index contributed by atoms with van der Waals surface area (Å²) in [5.41, 5.74) is 5.26. The van der Waals surface area contributed by atoms with Crippen LogP contribution in [0.25, 0.3) is 0 Å². The molecule has 0 amide bonds. The number of carbonyl (C=O) groups is 1. The lowest BCUT2D eigenvalue weighted by Gasteiger charge is -2.15. The Hall–Kier alpha value is -3.05. The highest BCUT2D eigenvalue weighted by molar-refractivity contribution is 5.91. The third-order valence-electron chi connectivity index (χ3n) is 5.51. The predicted octanol–water partition coefficient (Wildman–Crippen LogP) is 4.71. The highest BCUT2D eigenvalue weighted by Gasteiger charge is 2.23. The number of nitrogens with zero attached hydrogens (tertiary/aromatic N) is 1. The minimum atomic E-state index is -0.886. The van der Waals surface area contributed by atoms with Crippen LogP contribution in [0, 0.1) is 13.8 Å². The zero-order valence-corrected chi connectivity index (χ0v) is 17.4. The molecule has 0 saturated carbocycles. The molecule has 1 heterocycles. The monoisotopic (exact) mass is 392 g/mol. The number of ether oxygens (including phenoxy) is 1. The molecule has 5 heteroatoms. The molecule has 3 aromatic rings. The van der Waals surface area contributed by atoms with E-state index in [0.717, 1.165) is 28.3 Å². The molecule has 0 aliphatic rings. The second-order valence-corrected chi connectivity index (χ2v) is 7.28. The zero-order valence-electron chi connectivity index (χ0n) is 17.4. The first-order valence-electron chi connectivity index (χ1n) is 9.75. The van der Waals surface area contributed by atoms with Crippen molar-refractivity contribution < 1.29 is 14.6 Å². The number of nitrogens with one attached hydrogen (secondary N) is 1. The van der Waals surface area contributed by atoms with Gasteiger partial charge in [0.05, 0.1) is 12.7 Å². The molecule has 3 rings (SSSR count). The fraction of sp³-hybridized carbons (Fsp3) is 0.292. The number of carboxylic acids is 1. The molecular weight excluding hydrogens is 364 g/mol. The Labute approximate surface area is 172 Å². The summed E-state index contributed by atoms with van der Waals surface area (Å²) in [6.45, 7) is 7.08. The summed E-state index contributed by atoms with van der Waals surface area (Å²) in [4.78, 5) is 12.0. The van der Waals surface area contributed by atoms with E-state index in [2.05, 4.69) is 28.9 Å². The summed E-state index contributed by atoms with van der Waals surface area (Å²) < 4.78 is 7.30. The Kier molecular flexibility index (Phi) is 6.39. The van der Waals surface area contributed by atoms with Gasteiger partial charge in [-0.25, -0.2) is 4.79 Å². The molecule has 1 aromatic heterocycles. The van der Waals surface area contributed by atoms with E-state index >= 15 is 0 Å². The lowest BCUT2D eigenvalue weighted by molar-refractivity contribution is 0.0694. The van der Waals surface area contributed by atoms with Gasteiger partial charge in [-0.3, -0.25) is 0 Å². The standard InChI is InChI=1S/C24H28N2O3/c1-16(20-8-6-5-7-9-20)25-14-22-17(2)26(18(3)23(22)24(27)28)15-19-10-12-21(29-4)13-11-19/h5-13,16,25H,14-15H2,1-4H3,(H,27,28). The Morgan fingerprint density at radius 1 is 1.07 bits per heavy atom. The average Bonchev–Trinajstić information content (AvgIpc) is 2.97. The predicted molar refractivity (Wildman–Crippen MR) is 115 cm³/mol. The molecule has 0 aliphatic carbocycles. The summed E-state index contributed by atoms with van der Waals surface area (Å²) in [6, 6.07) is 18.1. The number of aromatic carboxylic acids is 1. The van der Waals surface area contributed by atoms with Crippen LogP contribution < -0.4 is 10.1 Å². The van der Waals surface area contributed by atoms with Crippen molar-refractivity contribution in [3.63, 3.8) is 0 Å². The van der Waals surface area contributed by atoms with Crippen LogP contribution in [0.4, 0.5) is 0 Å². The van der Waals surface area contributed by atoms with E-state index in [1.54, 1.807) is 7.11 Å². The van der Waals surface area contributed by atoms with E-state index < -0.39 is 5.97 Å². The van der Waals surface area contributed by atoms with Gasteiger partial charge < -0.3 is 19.7 Å². The smallest absolute Gasteiger partial charge is 0.337 e. The number of benzene rings is 2. The highest BCUT2D eigenvalue weighted by atomic mass is 16.5. The van der Waals surface area contributed by atoms with Gasteiger partial charge in [0, 0.05) is 36.1 Å². The number of hydrogen-bond donors (Lipinski definition) is 2. The van der Waals surface area contributed by atoms with Crippen LogP contribution >= 0.6 is 0 Å². The van der Waals surface area contributed by atoms with Gasteiger partial charge in [0.25, 0.3) is 0 Å². The molecule has 0 fully saturated rings. The van der Waals surface area contributed by atoms with Crippen molar-refractivity contribution in [2.24, 2.45) is 0 Å². The van der Waals surface area contributed by atoms with Gasteiger partial charge in [-0.2, -0.15) is 0 Å². The van der Waals surface area contributed by atoms with Crippen molar-refractivity contribution in [2.45, 2.75) is 39.9 Å². The van der Waals surface area contributed by atoms with E-state index in [-0.39, 0.29) is 6.04 Å². The number of hydrogen-bond acceptors (Lipinski definition) is 3. The third kappa shape index (κ3) is 4.51. The van der Waals surface area contributed by atoms with Gasteiger partial charge in [0.15, 0.2) is 0 Å². The molecule has 0 spiro atoms. The number of aromatic nitrogens is 1. The second kappa shape index (κ2) is 8.97. The molecule has 1 unspecified atom stereocenters. The lowest BCUT2D eigenvalue weighted by Crippen LogP contribution is -2.19. The van der Waals surface area contributed by atoms with Crippen molar-refractivity contribution in [1.29, 1.82) is 0 Å². The van der Waals surface area contributed by atoms with Crippen LogP contribution in [0.5, 0.6) is 5.75 Å². The topological polar surface area (TPSA) is 63.5 Å². The van der Waals surface area contributed by atoms with Crippen LogP contribution in [0.1, 0.15) is 51.4 Å². The Morgan fingerprint density at radius 2 is 1.72 bits per heavy atom. The summed E-state index contributed by atoms with van der Waals surface area (Å²) in [7, 11) is 1.64. The quantitative estimate of drug-likeness (QED) is 0.583. The van der Waals surface area contributed by atoms with Crippen molar-refractivity contribution in [2.75, 3.05) is 7.11 Å². The number of rotatable bonds is 8. The molecule has 0 aliphatic heterocycles. The van der Waals surface area contributed by atoms with Gasteiger partial charge in [0.2, 0.25) is 0 Å². The Morgan fingerprint density at radius 3 is 2.31 bits per heavy atom. The van der Waals surface area contributed by atoms with Crippen LogP contribution in [-0.4, -0.2) is 22.8 Å². The SMILES string of the molecule is COc1ccc(Cn2c(C)c(CNC(C)c3ccccc3)c(C(=O)O)c2C)cc1. The van der Waals surface area contributed by atoms with Crippen molar-refractivity contribution >= 4 is 5.97 Å². The van der Waals surface area contributed by atoms with Crippen LogP contribution in [0.3, 0.4) is 0 Å². The zero-order chi connectivity index (χ0) is 21.0. The maximum atomic E-state index is 12.0.